The fraction of sp³-hybridized carbons (Fsp3) is 0.600. The molecular formula is C15H21N3O2S. The van der Waals surface area contributed by atoms with E-state index in [-0.39, 0.29) is 5.56 Å². The average Bonchev–Trinajstić information content (AvgIpc) is 2.81. The molecule has 0 N–H and O–H groups in total. The van der Waals surface area contributed by atoms with Crippen molar-refractivity contribution in [1.82, 2.24) is 14.3 Å². The number of hydrogen-bond donors (Lipinski definition) is 0. The van der Waals surface area contributed by atoms with Crippen molar-refractivity contribution in [1.29, 1.82) is 0 Å². The summed E-state index contributed by atoms with van der Waals surface area (Å²) in [5.74, 6) is 0. The minimum Gasteiger partial charge on any atom is -0.377 e. The molecule has 1 atom stereocenters. The van der Waals surface area contributed by atoms with Crippen molar-refractivity contribution in [3.8, 4) is 0 Å². The van der Waals surface area contributed by atoms with Crippen molar-refractivity contribution in [3.63, 3.8) is 0 Å². The van der Waals surface area contributed by atoms with Gasteiger partial charge in [0.1, 0.15) is 0 Å². The van der Waals surface area contributed by atoms with E-state index in [0.29, 0.717) is 12.6 Å². The summed E-state index contributed by atoms with van der Waals surface area (Å²) >= 11 is 1.51. The summed E-state index contributed by atoms with van der Waals surface area (Å²) in [7, 11) is 2.06. The van der Waals surface area contributed by atoms with E-state index in [1.807, 2.05) is 12.3 Å². The summed E-state index contributed by atoms with van der Waals surface area (Å²) in [5, 5.41) is 1.97. The van der Waals surface area contributed by atoms with Crippen molar-refractivity contribution in [2.45, 2.75) is 38.8 Å². The average molecular weight is 307 g/mol. The number of hydrogen-bond acceptors (Lipinski definition) is 5. The van der Waals surface area contributed by atoms with Crippen molar-refractivity contribution in [2.24, 2.45) is 0 Å². The number of ether oxygens (including phenoxy) is 1. The molecule has 3 rings (SSSR count). The molecule has 0 aliphatic carbocycles. The summed E-state index contributed by atoms with van der Waals surface area (Å²) < 4.78 is 7.42. The van der Waals surface area contributed by atoms with Crippen LogP contribution >= 0.6 is 11.3 Å². The third-order valence-corrected chi connectivity index (χ3v) is 4.79. The van der Waals surface area contributed by atoms with E-state index in [0.717, 1.165) is 35.9 Å². The molecule has 1 saturated heterocycles. The van der Waals surface area contributed by atoms with Gasteiger partial charge >= 0.3 is 0 Å². The minimum absolute atomic E-state index is 0.0102. The van der Waals surface area contributed by atoms with Crippen LogP contribution in [0.1, 0.15) is 30.7 Å². The molecule has 21 heavy (non-hydrogen) atoms. The molecule has 2 aromatic rings. The SMILES string of the molecule is Cc1csc2nc(CN(C)C[C@H]3CCCCO3)cc(=O)n12. The molecule has 0 aromatic carbocycles. The van der Waals surface area contributed by atoms with Crippen molar-refractivity contribution < 1.29 is 4.74 Å². The van der Waals surface area contributed by atoms with Crippen LogP contribution in [0.5, 0.6) is 0 Å². The summed E-state index contributed by atoms with van der Waals surface area (Å²) in [4.78, 5) is 19.7. The Morgan fingerprint density at radius 3 is 3.14 bits per heavy atom. The molecular weight excluding hydrogens is 286 g/mol. The van der Waals surface area contributed by atoms with Gasteiger partial charge < -0.3 is 4.74 Å². The van der Waals surface area contributed by atoms with E-state index in [1.54, 1.807) is 10.5 Å². The van der Waals surface area contributed by atoms with E-state index in [1.165, 1.54) is 24.2 Å². The molecule has 114 valence electrons. The molecule has 0 spiro atoms. The summed E-state index contributed by atoms with van der Waals surface area (Å²) in [6.45, 7) is 4.38. The summed E-state index contributed by atoms with van der Waals surface area (Å²) in [6, 6.07) is 1.64. The molecule has 0 bridgehead atoms. The van der Waals surface area contributed by atoms with Gasteiger partial charge in [0.25, 0.3) is 5.56 Å². The molecule has 0 saturated carbocycles. The maximum Gasteiger partial charge on any atom is 0.259 e. The standard InChI is InChI=1S/C15H21N3O2S/c1-11-10-21-15-16-12(7-14(19)18(11)15)8-17(2)9-13-5-3-4-6-20-13/h7,10,13H,3-6,8-9H2,1-2H3/t13-/m1/s1. The van der Waals surface area contributed by atoms with Gasteiger partial charge in [-0.3, -0.25) is 14.1 Å². The van der Waals surface area contributed by atoms with Crippen LogP contribution in [0, 0.1) is 6.92 Å². The van der Waals surface area contributed by atoms with E-state index < -0.39 is 0 Å². The maximum absolute atomic E-state index is 12.1. The summed E-state index contributed by atoms with van der Waals surface area (Å²) in [5.41, 5.74) is 1.79. The Balaban J connectivity index is 1.70. The second kappa shape index (κ2) is 6.25. The van der Waals surface area contributed by atoms with Crippen LogP contribution in [-0.2, 0) is 11.3 Å². The van der Waals surface area contributed by atoms with Crippen LogP contribution in [0.2, 0.25) is 0 Å². The van der Waals surface area contributed by atoms with E-state index in [9.17, 15) is 4.79 Å². The molecule has 2 aromatic heterocycles. The van der Waals surface area contributed by atoms with Gasteiger partial charge in [0.2, 0.25) is 0 Å². The van der Waals surface area contributed by atoms with Gasteiger partial charge in [-0.15, -0.1) is 11.3 Å². The Morgan fingerprint density at radius 2 is 2.38 bits per heavy atom. The zero-order chi connectivity index (χ0) is 14.8. The first-order chi connectivity index (χ1) is 10.1. The smallest absolute Gasteiger partial charge is 0.259 e. The normalized spacial score (nSPS) is 19.5. The highest BCUT2D eigenvalue weighted by Gasteiger charge is 2.16. The third kappa shape index (κ3) is 3.33. The van der Waals surface area contributed by atoms with Crippen LogP contribution < -0.4 is 5.56 Å². The quantitative estimate of drug-likeness (QED) is 0.867. The van der Waals surface area contributed by atoms with Gasteiger partial charge in [-0.25, -0.2) is 4.98 Å². The van der Waals surface area contributed by atoms with Gasteiger partial charge in [0.15, 0.2) is 4.96 Å². The molecule has 0 radical (unpaired) electrons. The zero-order valence-corrected chi connectivity index (χ0v) is 13.4. The second-order valence-corrected chi connectivity index (χ2v) is 6.60. The van der Waals surface area contributed by atoms with Crippen molar-refractivity contribution in [3.05, 3.63) is 33.2 Å². The van der Waals surface area contributed by atoms with Gasteiger partial charge in [0, 0.05) is 36.8 Å². The number of fused-ring (bicyclic) bond motifs is 1. The number of aromatic nitrogens is 2. The Bertz CT molecular complexity index is 673. The lowest BCUT2D eigenvalue weighted by Crippen LogP contribution is -2.33. The molecule has 1 aliphatic heterocycles. The van der Waals surface area contributed by atoms with Gasteiger partial charge in [-0.1, -0.05) is 0 Å². The first-order valence-corrected chi connectivity index (χ1v) is 8.28. The molecule has 1 fully saturated rings. The van der Waals surface area contributed by atoms with Crippen molar-refractivity contribution in [2.75, 3.05) is 20.2 Å². The summed E-state index contributed by atoms with van der Waals surface area (Å²) in [6.07, 6.45) is 3.87. The zero-order valence-electron chi connectivity index (χ0n) is 12.5. The number of likely N-dealkylation sites (N-methyl/N-ethyl adjacent to an activating group) is 1. The molecule has 0 unspecified atom stereocenters. The molecule has 0 amide bonds. The maximum atomic E-state index is 12.1. The highest BCUT2D eigenvalue weighted by Crippen LogP contribution is 2.15. The largest absolute Gasteiger partial charge is 0.377 e. The van der Waals surface area contributed by atoms with E-state index >= 15 is 0 Å². The van der Waals surface area contributed by atoms with E-state index in [2.05, 4.69) is 16.9 Å². The predicted molar refractivity (Wildman–Crippen MR) is 84.0 cm³/mol. The first kappa shape index (κ1) is 14.7. The topological polar surface area (TPSA) is 46.8 Å². The Labute approximate surface area is 128 Å². The Morgan fingerprint density at radius 1 is 1.52 bits per heavy atom. The lowest BCUT2D eigenvalue weighted by atomic mass is 10.1. The Hall–Kier alpha value is -1.24. The molecule has 6 heteroatoms. The molecule has 5 nitrogen and oxygen atoms in total. The van der Waals surface area contributed by atoms with E-state index in [4.69, 9.17) is 4.74 Å². The van der Waals surface area contributed by atoms with Crippen LogP contribution in [0.25, 0.3) is 4.96 Å². The molecule has 3 heterocycles. The minimum atomic E-state index is 0.0102. The lowest BCUT2D eigenvalue weighted by Gasteiger charge is -2.27. The van der Waals surface area contributed by atoms with Crippen LogP contribution in [0.15, 0.2) is 16.2 Å². The third-order valence-electron chi connectivity index (χ3n) is 3.85. The number of aryl methyl sites for hydroxylation is 1. The monoisotopic (exact) mass is 307 g/mol. The Kier molecular flexibility index (Phi) is 4.37. The number of rotatable bonds is 4. The number of thiazole rings is 1. The predicted octanol–water partition coefficient (Wildman–Crippen LogP) is 2.07. The molecule has 1 aliphatic rings. The first-order valence-electron chi connectivity index (χ1n) is 7.40. The van der Waals surface area contributed by atoms with Crippen molar-refractivity contribution >= 4 is 16.3 Å². The highest BCUT2D eigenvalue weighted by atomic mass is 32.1. The second-order valence-electron chi connectivity index (χ2n) is 5.77. The fourth-order valence-electron chi connectivity index (χ4n) is 2.82. The fourth-order valence-corrected chi connectivity index (χ4v) is 3.71. The lowest BCUT2D eigenvalue weighted by molar-refractivity contribution is -0.00274. The highest BCUT2D eigenvalue weighted by molar-refractivity contribution is 7.15. The van der Waals surface area contributed by atoms with Gasteiger partial charge in [0.05, 0.1) is 11.8 Å². The van der Waals surface area contributed by atoms with Crippen LogP contribution in [-0.4, -0.2) is 40.6 Å². The van der Waals surface area contributed by atoms with Gasteiger partial charge in [-0.05, 0) is 33.2 Å². The van der Waals surface area contributed by atoms with Gasteiger partial charge in [-0.2, -0.15) is 0 Å². The van der Waals surface area contributed by atoms with Crippen LogP contribution in [0.3, 0.4) is 0 Å². The number of nitrogens with zero attached hydrogens (tertiary/aromatic N) is 3. The van der Waals surface area contributed by atoms with Crippen LogP contribution in [0.4, 0.5) is 0 Å².